The first-order valence-corrected chi connectivity index (χ1v) is 9.67. The van der Waals surface area contributed by atoms with Crippen molar-refractivity contribution in [2.45, 2.75) is 4.90 Å². The van der Waals surface area contributed by atoms with E-state index in [1.807, 2.05) is 60.7 Å². The van der Waals surface area contributed by atoms with Crippen LogP contribution >= 0.6 is 11.8 Å². The maximum absolute atomic E-state index is 11.0. The monoisotopic (exact) mass is 400 g/mol. The molecule has 0 bridgehead atoms. The fourth-order valence-corrected chi connectivity index (χ4v) is 3.73. The van der Waals surface area contributed by atoms with Crippen molar-refractivity contribution < 1.29 is 4.92 Å². The number of nitro benzene ring substituents is 1. The van der Waals surface area contributed by atoms with E-state index in [-0.39, 0.29) is 5.69 Å². The molecule has 1 N–H and O–H groups in total. The number of hydrogen-bond acceptors (Lipinski definition) is 6. The molecule has 0 radical (unpaired) electrons. The van der Waals surface area contributed by atoms with Crippen LogP contribution in [-0.2, 0) is 0 Å². The van der Waals surface area contributed by atoms with E-state index in [2.05, 4.69) is 15.5 Å². The molecule has 3 aromatic carbocycles. The van der Waals surface area contributed by atoms with Gasteiger partial charge in [0.25, 0.3) is 5.69 Å². The van der Waals surface area contributed by atoms with Crippen molar-refractivity contribution in [3.05, 3.63) is 107 Å². The summed E-state index contributed by atoms with van der Waals surface area (Å²) in [6.45, 7) is 0. The standard InChI is InChI=1S/C22H16N4O2S/c27-26(28)19-13-11-17(12-14-19)22(25-24-18-8-2-1-3-9-18)29-20-10-4-6-16-7-5-15-23-21(16)20/h1-15,24H/b25-22-. The third kappa shape index (κ3) is 4.41. The van der Waals surface area contributed by atoms with Gasteiger partial charge in [0.1, 0.15) is 5.04 Å². The number of nitrogens with zero attached hydrogens (tertiary/aromatic N) is 3. The first-order valence-electron chi connectivity index (χ1n) is 8.86. The second-order valence-electron chi connectivity index (χ2n) is 6.13. The summed E-state index contributed by atoms with van der Waals surface area (Å²) in [4.78, 5) is 16.0. The van der Waals surface area contributed by atoms with E-state index >= 15 is 0 Å². The summed E-state index contributed by atoms with van der Waals surface area (Å²) in [5, 5.41) is 17.3. The highest BCUT2D eigenvalue weighted by molar-refractivity contribution is 8.14. The van der Waals surface area contributed by atoms with Crippen LogP contribution < -0.4 is 5.43 Å². The molecule has 0 fully saturated rings. The van der Waals surface area contributed by atoms with Gasteiger partial charge < -0.3 is 0 Å². The van der Waals surface area contributed by atoms with Gasteiger partial charge in [0.05, 0.1) is 16.1 Å². The zero-order valence-electron chi connectivity index (χ0n) is 15.2. The van der Waals surface area contributed by atoms with Crippen molar-refractivity contribution in [2.75, 3.05) is 5.43 Å². The molecule has 0 aliphatic carbocycles. The quantitative estimate of drug-likeness (QED) is 0.153. The largest absolute Gasteiger partial charge is 0.277 e. The number of anilines is 1. The molecule has 0 unspecified atom stereocenters. The van der Waals surface area contributed by atoms with E-state index < -0.39 is 4.92 Å². The van der Waals surface area contributed by atoms with Gasteiger partial charge >= 0.3 is 0 Å². The highest BCUT2D eigenvalue weighted by Gasteiger charge is 2.12. The average molecular weight is 400 g/mol. The number of aromatic nitrogens is 1. The molecule has 7 heteroatoms. The molecule has 0 saturated carbocycles. The lowest BCUT2D eigenvalue weighted by Crippen LogP contribution is -2.01. The third-order valence-corrected chi connectivity index (χ3v) is 5.26. The molecule has 1 aromatic heterocycles. The Morgan fingerprint density at radius 1 is 0.931 bits per heavy atom. The summed E-state index contributed by atoms with van der Waals surface area (Å²) < 4.78 is 0. The number of nitro groups is 1. The number of hydrogen-bond donors (Lipinski definition) is 1. The predicted molar refractivity (Wildman–Crippen MR) is 117 cm³/mol. The fourth-order valence-electron chi connectivity index (χ4n) is 2.76. The number of fused-ring (bicyclic) bond motifs is 1. The maximum Gasteiger partial charge on any atom is 0.269 e. The molecule has 0 aliphatic heterocycles. The summed E-state index contributed by atoms with van der Waals surface area (Å²) in [6, 6.07) is 25.9. The first kappa shape index (κ1) is 18.6. The highest BCUT2D eigenvalue weighted by Crippen LogP contribution is 2.30. The predicted octanol–water partition coefficient (Wildman–Crippen LogP) is 5.71. The van der Waals surface area contributed by atoms with Crippen LogP contribution in [0.1, 0.15) is 5.56 Å². The zero-order chi connectivity index (χ0) is 20.1. The van der Waals surface area contributed by atoms with Gasteiger partial charge in [-0.2, -0.15) is 5.10 Å². The minimum atomic E-state index is -0.412. The van der Waals surface area contributed by atoms with E-state index in [1.54, 1.807) is 18.3 Å². The molecule has 0 amide bonds. The summed E-state index contributed by atoms with van der Waals surface area (Å²) >= 11 is 1.46. The molecular formula is C22H16N4O2S. The number of nitrogens with one attached hydrogen (secondary N) is 1. The first-order chi connectivity index (χ1) is 14.2. The molecule has 6 nitrogen and oxygen atoms in total. The Kier molecular flexibility index (Phi) is 5.49. The Hall–Kier alpha value is -3.71. The Morgan fingerprint density at radius 3 is 2.45 bits per heavy atom. The maximum atomic E-state index is 11.0. The Morgan fingerprint density at radius 2 is 1.69 bits per heavy atom. The van der Waals surface area contributed by atoms with Gasteiger partial charge in [-0.15, -0.1) is 0 Å². The van der Waals surface area contributed by atoms with E-state index in [1.165, 1.54) is 23.9 Å². The number of non-ortho nitro benzene ring substituents is 1. The number of rotatable bonds is 5. The van der Waals surface area contributed by atoms with E-state index in [0.717, 1.165) is 27.0 Å². The fraction of sp³-hybridized carbons (Fsp3) is 0. The number of pyridine rings is 1. The molecular weight excluding hydrogens is 384 g/mol. The van der Waals surface area contributed by atoms with Gasteiger partial charge in [0.2, 0.25) is 0 Å². The van der Waals surface area contributed by atoms with Crippen molar-refractivity contribution in [3.63, 3.8) is 0 Å². The van der Waals surface area contributed by atoms with Crippen molar-refractivity contribution >= 4 is 39.1 Å². The summed E-state index contributed by atoms with van der Waals surface area (Å²) in [7, 11) is 0. The lowest BCUT2D eigenvalue weighted by Gasteiger charge is -2.10. The minimum Gasteiger partial charge on any atom is -0.277 e. The van der Waals surface area contributed by atoms with Crippen LogP contribution in [0.3, 0.4) is 0 Å². The Balaban J connectivity index is 1.72. The number of thioether (sulfide) groups is 1. The number of benzene rings is 3. The molecule has 29 heavy (non-hydrogen) atoms. The molecule has 1 heterocycles. The van der Waals surface area contributed by atoms with Crippen molar-refractivity contribution in [1.82, 2.24) is 4.98 Å². The lowest BCUT2D eigenvalue weighted by molar-refractivity contribution is -0.384. The molecule has 142 valence electrons. The average Bonchev–Trinajstić information content (AvgIpc) is 2.77. The highest BCUT2D eigenvalue weighted by atomic mass is 32.2. The summed E-state index contributed by atoms with van der Waals surface area (Å²) in [6.07, 6.45) is 1.76. The van der Waals surface area contributed by atoms with E-state index in [0.29, 0.717) is 5.04 Å². The second-order valence-corrected chi connectivity index (χ2v) is 7.16. The number of hydrazone groups is 1. The van der Waals surface area contributed by atoms with Crippen LogP contribution in [-0.4, -0.2) is 15.0 Å². The van der Waals surface area contributed by atoms with Gasteiger partial charge in [-0.1, -0.05) is 48.2 Å². The van der Waals surface area contributed by atoms with Gasteiger partial charge in [-0.05, 0) is 36.4 Å². The second kappa shape index (κ2) is 8.53. The molecule has 4 rings (SSSR count). The van der Waals surface area contributed by atoms with Crippen molar-refractivity contribution in [2.24, 2.45) is 5.10 Å². The third-order valence-electron chi connectivity index (χ3n) is 4.19. The van der Waals surface area contributed by atoms with Crippen molar-refractivity contribution in [1.29, 1.82) is 0 Å². The summed E-state index contributed by atoms with van der Waals surface area (Å²) in [5.41, 5.74) is 5.61. The van der Waals surface area contributed by atoms with Crippen LogP contribution in [0.5, 0.6) is 0 Å². The normalized spacial score (nSPS) is 11.4. The molecule has 0 spiro atoms. The lowest BCUT2D eigenvalue weighted by atomic mass is 10.2. The smallest absolute Gasteiger partial charge is 0.269 e. The van der Waals surface area contributed by atoms with E-state index in [9.17, 15) is 10.1 Å². The van der Waals surface area contributed by atoms with Gasteiger partial charge in [-0.25, -0.2) is 0 Å². The molecule has 4 aromatic rings. The molecule has 0 atom stereocenters. The minimum absolute atomic E-state index is 0.0425. The number of para-hydroxylation sites is 2. The molecule has 0 saturated heterocycles. The van der Waals surface area contributed by atoms with Gasteiger partial charge in [0.15, 0.2) is 0 Å². The van der Waals surface area contributed by atoms with Crippen LogP contribution in [0.2, 0.25) is 0 Å². The summed E-state index contributed by atoms with van der Waals surface area (Å²) in [5.74, 6) is 0. The van der Waals surface area contributed by atoms with Gasteiger partial charge in [-0.3, -0.25) is 20.5 Å². The zero-order valence-corrected chi connectivity index (χ0v) is 16.0. The SMILES string of the molecule is O=[N+]([O-])c1ccc(/C(=N/Nc2ccccc2)Sc2cccc3cccnc23)cc1. The van der Waals surface area contributed by atoms with Crippen LogP contribution in [0.4, 0.5) is 11.4 Å². The topological polar surface area (TPSA) is 80.4 Å². The van der Waals surface area contributed by atoms with Gasteiger partial charge in [0, 0.05) is 34.2 Å². The van der Waals surface area contributed by atoms with Crippen LogP contribution in [0.15, 0.2) is 101 Å². The van der Waals surface area contributed by atoms with Crippen LogP contribution in [0.25, 0.3) is 10.9 Å². The van der Waals surface area contributed by atoms with Crippen molar-refractivity contribution in [3.8, 4) is 0 Å². The molecule has 0 aliphatic rings. The van der Waals surface area contributed by atoms with Crippen LogP contribution in [0, 0.1) is 10.1 Å². The Bertz CT molecular complexity index is 1170. The Labute approximate surface area is 171 Å². The van der Waals surface area contributed by atoms with E-state index in [4.69, 9.17) is 0 Å².